The van der Waals surface area contributed by atoms with Gasteiger partial charge in [-0.25, -0.2) is 4.39 Å². The van der Waals surface area contributed by atoms with Gasteiger partial charge in [0.1, 0.15) is 5.52 Å². The van der Waals surface area contributed by atoms with E-state index in [1.165, 1.54) is 6.07 Å². The Labute approximate surface area is 77.4 Å². The van der Waals surface area contributed by atoms with Gasteiger partial charge in [0.15, 0.2) is 5.82 Å². The smallest absolute Gasteiger partial charge is 0.251 e. The summed E-state index contributed by atoms with van der Waals surface area (Å²) in [7, 11) is 0. The van der Waals surface area contributed by atoms with Crippen LogP contribution in [-0.4, -0.2) is 9.97 Å². The third kappa shape index (κ3) is 1.14. The van der Waals surface area contributed by atoms with E-state index in [2.05, 4.69) is 9.97 Å². The van der Waals surface area contributed by atoms with Crippen LogP contribution in [0.15, 0.2) is 21.9 Å². The first kappa shape index (κ1) is 8.68. The molecule has 0 spiro atoms. The van der Waals surface area contributed by atoms with Crippen molar-refractivity contribution in [3.05, 3.63) is 44.2 Å². The summed E-state index contributed by atoms with van der Waals surface area (Å²) in [6, 6.07) is 1.51. The second-order valence-electron chi connectivity index (χ2n) is 3.04. The molecule has 0 fully saturated rings. The Morgan fingerprint density at radius 3 is 2.79 bits per heavy atom. The van der Waals surface area contributed by atoms with E-state index >= 15 is 0 Å². The number of fused-ring (bicyclic) bond motifs is 1. The van der Waals surface area contributed by atoms with Crippen LogP contribution >= 0.6 is 0 Å². The van der Waals surface area contributed by atoms with Gasteiger partial charge in [-0.05, 0) is 13.0 Å². The Morgan fingerprint density at radius 2 is 2.07 bits per heavy atom. The molecule has 72 valence electrons. The molecule has 0 saturated heterocycles. The van der Waals surface area contributed by atoms with E-state index < -0.39 is 11.2 Å². The van der Waals surface area contributed by atoms with Crippen LogP contribution in [-0.2, 0) is 0 Å². The lowest BCUT2D eigenvalue weighted by atomic mass is 10.2. The molecule has 0 aliphatic heterocycles. The zero-order chi connectivity index (χ0) is 10.3. The van der Waals surface area contributed by atoms with Gasteiger partial charge in [-0.1, -0.05) is 0 Å². The van der Waals surface area contributed by atoms with E-state index in [9.17, 15) is 14.0 Å². The monoisotopic (exact) mass is 194 g/mol. The molecule has 0 saturated carbocycles. The molecule has 0 aliphatic rings. The van der Waals surface area contributed by atoms with E-state index in [-0.39, 0.29) is 11.1 Å². The number of aromatic amines is 2. The predicted octanol–water partition coefficient (Wildman–Crippen LogP) is 0.664. The first-order valence-electron chi connectivity index (χ1n) is 4.00. The largest absolute Gasteiger partial charge is 0.357 e. The fraction of sp³-hybridized carbons (Fsp3) is 0.111. The van der Waals surface area contributed by atoms with Crippen LogP contribution in [0.4, 0.5) is 4.39 Å². The first-order valence-corrected chi connectivity index (χ1v) is 4.00. The minimum atomic E-state index is -0.906. The molecule has 0 aliphatic carbocycles. The van der Waals surface area contributed by atoms with Gasteiger partial charge < -0.3 is 9.97 Å². The topological polar surface area (TPSA) is 65.7 Å². The van der Waals surface area contributed by atoms with E-state index in [1.54, 1.807) is 6.92 Å². The van der Waals surface area contributed by atoms with Gasteiger partial charge in [0.05, 0.1) is 5.52 Å². The van der Waals surface area contributed by atoms with Gasteiger partial charge >= 0.3 is 0 Å². The molecule has 2 aromatic heterocycles. The minimum Gasteiger partial charge on any atom is -0.357 e. The summed E-state index contributed by atoms with van der Waals surface area (Å²) >= 11 is 0. The Bertz CT molecular complexity index is 612. The molecule has 2 N–H and O–H groups in total. The molecule has 0 bridgehead atoms. The van der Waals surface area contributed by atoms with E-state index in [1.807, 2.05) is 0 Å². The standard InChI is InChI=1S/C9H7FN2O2/c1-4-2-6-7(12-9(4)14)8(13)5(10)3-11-6/h2-3H,1H3,(H,11,13)(H,12,14). The maximum Gasteiger partial charge on any atom is 0.251 e. The third-order valence-corrected chi connectivity index (χ3v) is 2.03. The lowest BCUT2D eigenvalue weighted by molar-refractivity contribution is 0.614. The average molecular weight is 194 g/mol. The fourth-order valence-electron chi connectivity index (χ4n) is 1.25. The van der Waals surface area contributed by atoms with Crippen molar-refractivity contribution in [1.29, 1.82) is 0 Å². The number of aryl methyl sites for hydroxylation is 1. The highest BCUT2D eigenvalue weighted by Gasteiger charge is 2.06. The summed E-state index contributed by atoms with van der Waals surface area (Å²) in [6.07, 6.45) is 0.975. The number of pyridine rings is 2. The molecule has 2 heterocycles. The summed E-state index contributed by atoms with van der Waals surface area (Å²) in [5.74, 6) is -0.906. The normalized spacial score (nSPS) is 10.7. The minimum absolute atomic E-state index is 0.0272. The molecule has 5 heteroatoms. The summed E-state index contributed by atoms with van der Waals surface area (Å²) in [5.41, 5.74) is -0.307. The van der Waals surface area contributed by atoms with Crippen LogP contribution in [0, 0.1) is 12.7 Å². The second-order valence-corrected chi connectivity index (χ2v) is 3.04. The maximum atomic E-state index is 12.8. The number of rotatable bonds is 0. The van der Waals surface area contributed by atoms with Crippen molar-refractivity contribution in [3.8, 4) is 0 Å². The Hall–Kier alpha value is -1.91. The predicted molar refractivity (Wildman–Crippen MR) is 49.9 cm³/mol. The van der Waals surface area contributed by atoms with Crippen LogP contribution in [0.2, 0.25) is 0 Å². The van der Waals surface area contributed by atoms with E-state index in [0.29, 0.717) is 11.1 Å². The van der Waals surface area contributed by atoms with E-state index in [0.717, 1.165) is 6.20 Å². The van der Waals surface area contributed by atoms with Crippen molar-refractivity contribution in [3.63, 3.8) is 0 Å². The Kier molecular flexibility index (Phi) is 1.73. The first-order chi connectivity index (χ1) is 6.59. The van der Waals surface area contributed by atoms with Gasteiger partial charge in [-0.3, -0.25) is 9.59 Å². The van der Waals surface area contributed by atoms with Crippen LogP contribution in [0.1, 0.15) is 5.56 Å². The van der Waals surface area contributed by atoms with Crippen molar-refractivity contribution in [2.75, 3.05) is 0 Å². The van der Waals surface area contributed by atoms with Gasteiger partial charge in [-0.15, -0.1) is 0 Å². The maximum absolute atomic E-state index is 12.8. The van der Waals surface area contributed by atoms with Crippen molar-refractivity contribution in [1.82, 2.24) is 9.97 Å². The van der Waals surface area contributed by atoms with E-state index in [4.69, 9.17) is 0 Å². The number of H-pyrrole nitrogens is 2. The Morgan fingerprint density at radius 1 is 1.36 bits per heavy atom. The van der Waals surface area contributed by atoms with Crippen LogP contribution in [0.25, 0.3) is 11.0 Å². The number of aromatic nitrogens is 2. The molecular formula is C9H7FN2O2. The molecular weight excluding hydrogens is 187 g/mol. The molecule has 0 unspecified atom stereocenters. The highest BCUT2D eigenvalue weighted by atomic mass is 19.1. The van der Waals surface area contributed by atoms with Crippen molar-refractivity contribution in [2.45, 2.75) is 6.92 Å². The summed E-state index contributed by atoms with van der Waals surface area (Å²) in [6.45, 7) is 1.61. The molecule has 0 atom stereocenters. The number of nitrogens with one attached hydrogen (secondary N) is 2. The highest BCUT2D eigenvalue weighted by molar-refractivity contribution is 5.73. The number of hydrogen-bond donors (Lipinski definition) is 2. The van der Waals surface area contributed by atoms with Crippen molar-refractivity contribution in [2.24, 2.45) is 0 Å². The molecule has 2 aromatic rings. The summed E-state index contributed by atoms with van der Waals surface area (Å²) in [5, 5.41) is 0. The number of halogens is 1. The Balaban J connectivity index is 3.05. The van der Waals surface area contributed by atoms with Gasteiger partial charge in [0.25, 0.3) is 5.56 Å². The number of hydrogen-bond acceptors (Lipinski definition) is 2. The highest BCUT2D eigenvalue weighted by Crippen LogP contribution is 2.03. The molecule has 0 radical (unpaired) electrons. The quantitative estimate of drug-likeness (QED) is 0.647. The SMILES string of the molecule is Cc1cc2[nH]cc(F)c(=O)c2[nH]c1=O. The lowest BCUT2D eigenvalue weighted by Gasteiger charge is -1.98. The zero-order valence-corrected chi connectivity index (χ0v) is 7.35. The third-order valence-electron chi connectivity index (χ3n) is 2.03. The molecule has 14 heavy (non-hydrogen) atoms. The van der Waals surface area contributed by atoms with Crippen LogP contribution in [0.5, 0.6) is 0 Å². The van der Waals surface area contributed by atoms with Gasteiger partial charge in [-0.2, -0.15) is 0 Å². The zero-order valence-electron chi connectivity index (χ0n) is 7.35. The van der Waals surface area contributed by atoms with Gasteiger partial charge in [0.2, 0.25) is 5.43 Å². The molecule has 0 amide bonds. The summed E-state index contributed by atoms with van der Waals surface area (Å²) in [4.78, 5) is 27.3. The molecule has 0 aromatic carbocycles. The fourth-order valence-corrected chi connectivity index (χ4v) is 1.25. The molecule has 4 nitrogen and oxygen atoms in total. The average Bonchev–Trinajstić information content (AvgIpc) is 2.15. The van der Waals surface area contributed by atoms with Crippen LogP contribution in [0.3, 0.4) is 0 Å². The second kappa shape index (κ2) is 2.80. The van der Waals surface area contributed by atoms with Crippen molar-refractivity contribution >= 4 is 11.0 Å². The van der Waals surface area contributed by atoms with Crippen LogP contribution < -0.4 is 11.0 Å². The molecule has 2 rings (SSSR count). The lowest BCUT2D eigenvalue weighted by Crippen LogP contribution is -2.16. The van der Waals surface area contributed by atoms with Gasteiger partial charge in [0, 0.05) is 11.8 Å². The van der Waals surface area contributed by atoms with Crippen molar-refractivity contribution < 1.29 is 4.39 Å². The summed E-state index contributed by atoms with van der Waals surface area (Å²) < 4.78 is 12.8.